The molecule has 0 aromatic heterocycles. The molecule has 0 fully saturated rings. The summed E-state index contributed by atoms with van der Waals surface area (Å²) in [7, 11) is -4.82. The highest BCUT2D eigenvalue weighted by molar-refractivity contribution is 7.46. The van der Waals surface area contributed by atoms with Gasteiger partial charge in [0.15, 0.2) is 11.9 Å². The Kier molecular flexibility index (Phi) is 40.1. The molecular formula is C47H83O9P. The minimum atomic E-state index is -4.82. The monoisotopic (exact) mass is 823 g/mol. The van der Waals surface area contributed by atoms with Gasteiger partial charge in [0, 0.05) is 19.3 Å². The van der Waals surface area contributed by atoms with Gasteiger partial charge >= 0.3 is 19.8 Å². The van der Waals surface area contributed by atoms with Crippen LogP contribution in [0.3, 0.4) is 0 Å². The van der Waals surface area contributed by atoms with Gasteiger partial charge in [-0.2, -0.15) is 0 Å². The summed E-state index contributed by atoms with van der Waals surface area (Å²) >= 11 is 0. The van der Waals surface area contributed by atoms with Gasteiger partial charge in [-0.25, -0.2) is 4.57 Å². The zero-order chi connectivity index (χ0) is 41.9. The zero-order valence-electron chi connectivity index (χ0n) is 36.2. The van der Waals surface area contributed by atoms with E-state index in [1.807, 2.05) is 12.2 Å². The molecule has 0 aliphatic carbocycles. The third kappa shape index (κ3) is 44.6. The second-order valence-corrected chi connectivity index (χ2v) is 16.7. The Balaban J connectivity index is 4.01. The molecule has 0 heterocycles. The Morgan fingerprint density at radius 3 is 1.49 bits per heavy atom. The topological polar surface area (TPSA) is 136 Å². The highest BCUT2D eigenvalue weighted by Gasteiger charge is 2.23. The Morgan fingerprint density at radius 2 is 0.965 bits per heavy atom. The van der Waals surface area contributed by atoms with E-state index in [9.17, 15) is 18.9 Å². The van der Waals surface area contributed by atoms with Crippen molar-refractivity contribution in [2.24, 2.45) is 0 Å². The van der Waals surface area contributed by atoms with E-state index in [0.717, 1.165) is 38.5 Å². The van der Waals surface area contributed by atoms with Crippen LogP contribution in [0.15, 0.2) is 48.6 Å². The number of ether oxygens (including phenoxy) is 2. The largest absolute Gasteiger partial charge is 0.469 e. The molecule has 9 nitrogen and oxygen atoms in total. The van der Waals surface area contributed by atoms with Crippen LogP contribution in [0.5, 0.6) is 0 Å². The lowest BCUT2D eigenvalue weighted by Crippen LogP contribution is -2.29. The fourth-order valence-electron chi connectivity index (χ4n) is 6.39. The summed E-state index contributed by atoms with van der Waals surface area (Å²) in [5.74, 6) is -1.27. The number of hydrogen-bond acceptors (Lipinski definition) is 7. The fourth-order valence-corrected chi connectivity index (χ4v) is 6.75. The molecule has 0 saturated heterocycles. The normalized spacial score (nSPS) is 12.8. The van der Waals surface area contributed by atoms with Gasteiger partial charge in [-0.05, 0) is 44.6 Å². The predicted molar refractivity (Wildman–Crippen MR) is 235 cm³/mol. The lowest BCUT2D eigenvalue weighted by molar-refractivity contribution is -0.161. The third-order valence-electron chi connectivity index (χ3n) is 9.83. The van der Waals surface area contributed by atoms with Gasteiger partial charge in [0.1, 0.15) is 6.61 Å². The molecule has 0 rings (SSSR count). The average Bonchev–Trinajstić information content (AvgIpc) is 3.18. The SMILES string of the molecule is CCCCC/C=C\C/C=C\C/C=C\C=C\C(=O)CCCC(=O)O[C@H](COC(=O)CCCCCCCCCCCCCCCCCCCCCCC)COP(=O)(O)O. The van der Waals surface area contributed by atoms with Gasteiger partial charge in [0.2, 0.25) is 0 Å². The molecule has 10 heteroatoms. The van der Waals surface area contributed by atoms with Gasteiger partial charge in [-0.3, -0.25) is 18.9 Å². The first-order valence-corrected chi connectivity index (χ1v) is 24.4. The smallest absolute Gasteiger partial charge is 0.462 e. The molecule has 2 N–H and O–H groups in total. The van der Waals surface area contributed by atoms with Crippen molar-refractivity contribution in [3.05, 3.63) is 48.6 Å². The lowest BCUT2D eigenvalue weighted by Gasteiger charge is -2.18. The summed E-state index contributed by atoms with van der Waals surface area (Å²) in [4.78, 5) is 55.1. The molecule has 0 bridgehead atoms. The predicted octanol–water partition coefficient (Wildman–Crippen LogP) is 13.5. The van der Waals surface area contributed by atoms with Gasteiger partial charge in [-0.15, -0.1) is 0 Å². The van der Waals surface area contributed by atoms with E-state index in [2.05, 4.69) is 42.7 Å². The summed E-state index contributed by atoms with van der Waals surface area (Å²) < 4.78 is 26.2. The quantitative estimate of drug-likeness (QED) is 0.0154. The van der Waals surface area contributed by atoms with Gasteiger partial charge in [0.25, 0.3) is 0 Å². The maximum atomic E-state index is 12.4. The van der Waals surface area contributed by atoms with Crippen molar-refractivity contribution in [3.63, 3.8) is 0 Å². The number of carbonyl (C=O) groups is 3. The van der Waals surface area contributed by atoms with Crippen molar-refractivity contribution < 1.29 is 42.7 Å². The van der Waals surface area contributed by atoms with Crippen molar-refractivity contribution in [1.29, 1.82) is 0 Å². The van der Waals surface area contributed by atoms with Crippen LogP contribution in [-0.4, -0.2) is 46.8 Å². The highest BCUT2D eigenvalue weighted by Crippen LogP contribution is 2.36. The number of allylic oxidation sites excluding steroid dienone is 8. The van der Waals surface area contributed by atoms with Gasteiger partial charge in [0.05, 0.1) is 6.61 Å². The minimum absolute atomic E-state index is 0.0763. The van der Waals surface area contributed by atoms with Crippen LogP contribution in [0, 0.1) is 0 Å². The molecule has 0 aliphatic rings. The number of hydrogen-bond donors (Lipinski definition) is 2. The number of esters is 2. The van der Waals surface area contributed by atoms with Crippen LogP contribution in [0.4, 0.5) is 0 Å². The summed E-state index contributed by atoms with van der Waals surface area (Å²) in [6, 6.07) is 0. The van der Waals surface area contributed by atoms with Crippen molar-refractivity contribution in [2.75, 3.05) is 13.2 Å². The van der Waals surface area contributed by atoms with Crippen molar-refractivity contribution >= 4 is 25.5 Å². The second kappa shape index (κ2) is 41.8. The molecule has 0 saturated carbocycles. The zero-order valence-corrected chi connectivity index (χ0v) is 37.1. The molecule has 0 aromatic carbocycles. The summed E-state index contributed by atoms with van der Waals surface area (Å²) in [6.07, 6.45) is 48.4. The van der Waals surface area contributed by atoms with E-state index in [1.165, 1.54) is 134 Å². The minimum Gasteiger partial charge on any atom is -0.462 e. The van der Waals surface area contributed by atoms with Crippen LogP contribution in [0.2, 0.25) is 0 Å². The first kappa shape index (κ1) is 54.7. The third-order valence-corrected chi connectivity index (χ3v) is 10.3. The van der Waals surface area contributed by atoms with E-state index in [4.69, 9.17) is 19.3 Å². The molecule has 0 radical (unpaired) electrons. The molecule has 0 spiro atoms. The molecule has 0 amide bonds. The molecular weight excluding hydrogens is 739 g/mol. The van der Waals surface area contributed by atoms with Crippen molar-refractivity contribution in [1.82, 2.24) is 0 Å². The van der Waals surface area contributed by atoms with E-state index < -0.39 is 32.5 Å². The van der Waals surface area contributed by atoms with Crippen LogP contribution in [0.1, 0.15) is 213 Å². The number of ketones is 1. The Hall–Kier alpha value is -2.32. The second-order valence-electron chi connectivity index (χ2n) is 15.4. The molecule has 0 aromatic rings. The van der Waals surface area contributed by atoms with Gasteiger partial charge in [-0.1, -0.05) is 198 Å². The van der Waals surface area contributed by atoms with Crippen LogP contribution >= 0.6 is 7.82 Å². The fraction of sp³-hybridized carbons (Fsp3) is 0.766. The number of phosphoric ester groups is 1. The number of rotatable bonds is 42. The Labute approximate surface area is 348 Å². The summed E-state index contributed by atoms with van der Waals surface area (Å²) in [5, 5.41) is 0. The van der Waals surface area contributed by atoms with E-state index >= 15 is 0 Å². The Bertz CT molecular complexity index is 1120. The van der Waals surface area contributed by atoms with E-state index in [1.54, 1.807) is 6.08 Å². The molecule has 330 valence electrons. The first-order valence-electron chi connectivity index (χ1n) is 22.9. The lowest BCUT2D eigenvalue weighted by atomic mass is 10.0. The van der Waals surface area contributed by atoms with Crippen LogP contribution < -0.4 is 0 Å². The van der Waals surface area contributed by atoms with E-state index in [-0.39, 0.29) is 38.1 Å². The standard InChI is InChI=1S/C47H83O9P/c1-3-5-7-9-11-13-15-17-18-19-20-21-22-23-24-26-28-30-32-34-36-40-46(49)54-42-45(43-55-57(51,52)53)56-47(50)41-37-39-44(48)38-35-33-31-29-27-25-16-14-12-10-8-6-4-2/h12,14,25,27,31,33,35,38,45H,3-11,13,15-24,26,28-30,32,34,36-37,39-43H2,1-2H3,(H2,51,52,53)/b14-12-,27-25-,33-31-,38-35+/t45-/m1/s1. The first-order chi connectivity index (χ1) is 27.7. The maximum Gasteiger partial charge on any atom is 0.469 e. The molecule has 0 aliphatic heterocycles. The Morgan fingerprint density at radius 1 is 0.509 bits per heavy atom. The number of carbonyl (C=O) groups excluding carboxylic acids is 3. The van der Waals surface area contributed by atoms with Crippen LogP contribution in [-0.2, 0) is 32.9 Å². The van der Waals surface area contributed by atoms with Crippen molar-refractivity contribution in [3.8, 4) is 0 Å². The maximum absolute atomic E-state index is 12.4. The van der Waals surface area contributed by atoms with E-state index in [0.29, 0.717) is 6.42 Å². The van der Waals surface area contributed by atoms with Crippen molar-refractivity contribution in [2.45, 2.75) is 219 Å². The number of phosphoric acid groups is 1. The number of unbranched alkanes of at least 4 members (excludes halogenated alkanes) is 23. The molecule has 57 heavy (non-hydrogen) atoms. The van der Waals surface area contributed by atoms with Gasteiger partial charge < -0.3 is 19.3 Å². The molecule has 0 unspecified atom stereocenters. The average molecular weight is 823 g/mol. The highest BCUT2D eigenvalue weighted by atomic mass is 31.2. The molecule has 1 atom stereocenters. The summed E-state index contributed by atoms with van der Waals surface area (Å²) in [5.41, 5.74) is 0. The van der Waals surface area contributed by atoms with Crippen LogP contribution in [0.25, 0.3) is 0 Å². The summed E-state index contributed by atoms with van der Waals surface area (Å²) in [6.45, 7) is 3.48.